The molecule has 0 aliphatic carbocycles. The Morgan fingerprint density at radius 2 is 2.43 bits per heavy atom. The summed E-state index contributed by atoms with van der Waals surface area (Å²) in [5, 5.41) is 6.61. The maximum Gasteiger partial charge on any atom is 0.109 e. The molecular weight excluding hydrogens is 196 g/mol. The van der Waals surface area contributed by atoms with E-state index in [-0.39, 0.29) is 0 Å². The molecule has 1 heterocycles. The van der Waals surface area contributed by atoms with Gasteiger partial charge in [-0.05, 0) is 26.3 Å². The third-order valence-electron chi connectivity index (χ3n) is 2.05. The lowest BCUT2D eigenvalue weighted by Crippen LogP contribution is -2.19. The molecule has 1 rings (SSSR count). The quantitative estimate of drug-likeness (QED) is 0.707. The Balaban J connectivity index is 2.07. The first-order valence-corrected chi connectivity index (χ1v) is 5.84. The van der Waals surface area contributed by atoms with Crippen molar-refractivity contribution in [3.63, 3.8) is 0 Å². The van der Waals surface area contributed by atoms with Crippen molar-refractivity contribution in [2.45, 2.75) is 25.8 Å². The van der Waals surface area contributed by atoms with Crippen molar-refractivity contribution in [2.75, 3.05) is 20.3 Å². The fraction of sp³-hybridized carbons (Fsp3) is 0.700. The van der Waals surface area contributed by atoms with E-state index in [0.29, 0.717) is 6.04 Å². The number of unbranched alkanes of at least 4 members (excludes halogenated alkanes) is 1. The van der Waals surface area contributed by atoms with E-state index in [1.807, 2.05) is 11.6 Å². The van der Waals surface area contributed by atoms with E-state index in [0.717, 1.165) is 31.0 Å². The zero-order valence-corrected chi connectivity index (χ0v) is 9.64. The summed E-state index contributed by atoms with van der Waals surface area (Å²) in [5.41, 5.74) is 0. The molecular formula is C10H18N2OS. The van der Waals surface area contributed by atoms with Gasteiger partial charge in [0.1, 0.15) is 5.01 Å². The number of methoxy groups -OCH3 is 1. The molecule has 3 nitrogen and oxygen atoms in total. The van der Waals surface area contributed by atoms with Gasteiger partial charge in [0.25, 0.3) is 0 Å². The molecule has 0 aromatic carbocycles. The van der Waals surface area contributed by atoms with Crippen LogP contribution in [0.5, 0.6) is 0 Å². The molecule has 1 aromatic heterocycles. The number of nitrogens with zero attached hydrogens (tertiary/aromatic N) is 1. The summed E-state index contributed by atoms with van der Waals surface area (Å²) in [7, 11) is 1.74. The monoisotopic (exact) mass is 214 g/mol. The number of ether oxygens (including phenoxy) is 1. The highest BCUT2D eigenvalue weighted by atomic mass is 32.1. The van der Waals surface area contributed by atoms with Crippen LogP contribution in [0, 0.1) is 0 Å². The number of rotatable bonds is 7. The van der Waals surface area contributed by atoms with E-state index < -0.39 is 0 Å². The second kappa shape index (κ2) is 6.92. The van der Waals surface area contributed by atoms with Crippen molar-refractivity contribution in [1.82, 2.24) is 10.3 Å². The van der Waals surface area contributed by atoms with E-state index in [1.54, 1.807) is 18.4 Å². The summed E-state index contributed by atoms with van der Waals surface area (Å²) in [6, 6.07) is 0.373. The molecule has 80 valence electrons. The van der Waals surface area contributed by atoms with Gasteiger partial charge in [0.15, 0.2) is 0 Å². The maximum absolute atomic E-state index is 4.98. The largest absolute Gasteiger partial charge is 0.385 e. The summed E-state index contributed by atoms with van der Waals surface area (Å²) < 4.78 is 4.98. The van der Waals surface area contributed by atoms with Crippen LogP contribution < -0.4 is 5.32 Å². The predicted molar refractivity (Wildman–Crippen MR) is 59.6 cm³/mol. The summed E-state index contributed by atoms with van der Waals surface area (Å²) in [6.07, 6.45) is 4.13. The van der Waals surface area contributed by atoms with Crippen molar-refractivity contribution < 1.29 is 4.74 Å². The van der Waals surface area contributed by atoms with Crippen molar-refractivity contribution in [1.29, 1.82) is 0 Å². The molecule has 1 atom stereocenters. The van der Waals surface area contributed by atoms with Crippen LogP contribution in [0.2, 0.25) is 0 Å². The Morgan fingerprint density at radius 1 is 1.57 bits per heavy atom. The maximum atomic E-state index is 4.98. The molecule has 0 spiro atoms. The van der Waals surface area contributed by atoms with Crippen LogP contribution in [-0.4, -0.2) is 25.2 Å². The lowest BCUT2D eigenvalue weighted by atomic mass is 10.3. The minimum absolute atomic E-state index is 0.373. The Bertz CT molecular complexity index is 226. The highest BCUT2D eigenvalue weighted by molar-refractivity contribution is 7.09. The van der Waals surface area contributed by atoms with E-state index in [4.69, 9.17) is 4.74 Å². The Labute approximate surface area is 89.5 Å². The average molecular weight is 214 g/mol. The van der Waals surface area contributed by atoms with Crippen LogP contribution in [0.15, 0.2) is 11.6 Å². The Kier molecular flexibility index (Phi) is 5.75. The number of nitrogens with one attached hydrogen (secondary N) is 1. The van der Waals surface area contributed by atoms with E-state index in [9.17, 15) is 0 Å². The normalized spacial score (nSPS) is 13.0. The number of aromatic nitrogens is 1. The van der Waals surface area contributed by atoms with E-state index in [2.05, 4.69) is 17.2 Å². The van der Waals surface area contributed by atoms with Crippen molar-refractivity contribution in [2.24, 2.45) is 0 Å². The summed E-state index contributed by atoms with van der Waals surface area (Å²) in [4.78, 5) is 4.26. The average Bonchev–Trinajstić information content (AvgIpc) is 2.70. The van der Waals surface area contributed by atoms with Gasteiger partial charge in [-0.2, -0.15) is 0 Å². The van der Waals surface area contributed by atoms with Crippen LogP contribution in [-0.2, 0) is 4.74 Å². The SMILES string of the molecule is COCCCCN[C@H](C)c1nccs1. The Hall–Kier alpha value is -0.450. The predicted octanol–water partition coefficient (Wildman–Crippen LogP) is 2.22. The first-order valence-electron chi connectivity index (χ1n) is 4.96. The van der Waals surface area contributed by atoms with Gasteiger partial charge >= 0.3 is 0 Å². The first kappa shape index (κ1) is 11.6. The highest BCUT2D eigenvalue weighted by Gasteiger charge is 2.05. The summed E-state index contributed by atoms with van der Waals surface area (Å²) in [6.45, 7) is 4.03. The van der Waals surface area contributed by atoms with Crippen molar-refractivity contribution in [3.8, 4) is 0 Å². The van der Waals surface area contributed by atoms with Gasteiger partial charge in [-0.3, -0.25) is 0 Å². The van der Waals surface area contributed by atoms with Gasteiger partial charge in [0, 0.05) is 25.3 Å². The van der Waals surface area contributed by atoms with Crippen LogP contribution in [0.25, 0.3) is 0 Å². The lowest BCUT2D eigenvalue weighted by molar-refractivity contribution is 0.192. The molecule has 0 aliphatic heterocycles. The van der Waals surface area contributed by atoms with Crippen LogP contribution >= 0.6 is 11.3 Å². The third kappa shape index (κ3) is 4.17. The highest BCUT2D eigenvalue weighted by Crippen LogP contribution is 2.14. The minimum Gasteiger partial charge on any atom is -0.385 e. The van der Waals surface area contributed by atoms with Gasteiger partial charge < -0.3 is 10.1 Å². The van der Waals surface area contributed by atoms with Gasteiger partial charge in [-0.25, -0.2) is 4.98 Å². The van der Waals surface area contributed by atoms with E-state index in [1.165, 1.54) is 0 Å². The molecule has 1 aromatic rings. The van der Waals surface area contributed by atoms with Crippen molar-refractivity contribution in [3.05, 3.63) is 16.6 Å². The standard InChI is InChI=1S/C10H18N2OS/c1-9(10-12-6-8-14-10)11-5-3-4-7-13-2/h6,8-9,11H,3-5,7H2,1-2H3/t9-/m1/s1. The zero-order chi connectivity index (χ0) is 10.2. The molecule has 14 heavy (non-hydrogen) atoms. The topological polar surface area (TPSA) is 34.1 Å². The zero-order valence-electron chi connectivity index (χ0n) is 8.82. The number of hydrogen-bond acceptors (Lipinski definition) is 4. The first-order chi connectivity index (χ1) is 6.84. The molecule has 0 unspecified atom stereocenters. The molecule has 0 amide bonds. The van der Waals surface area contributed by atoms with Crippen LogP contribution in [0.1, 0.15) is 30.8 Å². The summed E-state index contributed by atoms with van der Waals surface area (Å²) in [5.74, 6) is 0. The molecule has 0 aliphatic rings. The lowest BCUT2D eigenvalue weighted by Gasteiger charge is -2.10. The Morgan fingerprint density at radius 3 is 3.07 bits per heavy atom. The molecule has 0 radical (unpaired) electrons. The molecule has 0 saturated carbocycles. The molecule has 0 fully saturated rings. The van der Waals surface area contributed by atoms with E-state index >= 15 is 0 Å². The fourth-order valence-corrected chi connectivity index (χ4v) is 1.90. The molecule has 1 N–H and O–H groups in total. The third-order valence-corrected chi connectivity index (χ3v) is 3.01. The van der Waals surface area contributed by atoms with Crippen LogP contribution in [0.4, 0.5) is 0 Å². The van der Waals surface area contributed by atoms with Gasteiger partial charge in [0.2, 0.25) is 0 Å². The van der Waals surface area contributed by atoms with Crippen LogP contribution in [0.3, 0.4) is 0 Å². The van der Waals surface area contributed by atoms with Gasteiger partial charge in [0.05, 0.1) is 6.04 Å². The second-order valence-corrected chi connectivity index (χ2v) is 4.17. The number of thiazole rings is 1. The molecule has 0 bridgehead atoms. The second-order valence-electron chi connectivity index (χ2n) is 3.25. The van der Waals surface area contributed by atoms with Gasteiger partial charge in [-0.1, -0.05) is 0 Å². The molecule has 0 saturated heterocycles. The molecule has 4 heteroatoms. The fourth-order valence-electron chi connectivity index (χ4n) is 1.23. The summed E-state index contributed by atoms with van der Waals surface area (Å²) >= 11 is 1.70. The minimum atomic E-state index is 0.373. The smallest absolute Gasteiger partial charge is 0.109 e. The number of hydrogen-bond donors (Lipinski definition) is 1. The van der Waals surface area contributed by atoms with Crippen molar-refractivity contribution >= 4 is 11.3 Å². The van der Waals surface area contributed by atoms with Gasteiger partial charge in [-0.15, -0.1) is 11.3 Å².